The Balaban J connectivity index is 4.51. The molecule has 21 heavy (non-hydrogen) atoms. The minimum atomic E-state index is 0.0317. The van der Waals surface area contributed by atoms with Crippen molar-refractivity contribution >= 4 is 7.85 Å². The predicted octanol–water partition coefficient (Wildman–Crippen LogP) is 7.47. The maximum absolute atomic E-state index is 6.83. The molecule has 0 aliphatic heterocycles. The average molecular weight is 292 g/mol. The highest BCUT2D eigenvalue weighted by atomic mass is 14.4. The van der Waals surface area contributed by atoms with Gasteiger partial charge in [0.25, 0.3) is 0 Å². The minimum Gasteiger partial charge on any atom is -0.0655 e. The van der Waals surface area contributed by atoms with Crippen LogP contribution in [0.1, 0.15) is 118 Å². The first-order valence-corrected chi connectivity index (χ1v) is 9.78. The Labute approximate surface area is 137 Å². The fraction of sp³-hybridized carbons (Fsp3) is 1.00. The summed E-state index contributed by atoms with van der Waals surface area (Å²) in [6.07, 6.45) is 17.2. The first-order chi connectivity index (χ1) is 9.99. The molecule has 0 aromatic carbocycles. The zero-order chi connectivity index (χ0) is 16.2. The highest BCUT2D eigenvalue weighted by molar-refractivity contribution is 6.15. The quantitative estimate of drug-likeness (QED) is 0.230. The number of unbranched alkanes of at least 4 members (excludes halogenated alkanes) is 7. The van der Waals surface area contributed by atoms with Crippen LogP contribution in [0.2, 0.25) is 5.31 Å². The van der Waals surface area contributed by atoms with E-state index in [-0.39, 0.29) is 5.31 Å². The van der Waals surface area contributed by atoms with Gasteiger partial charge in [0.1, 0.15) is 0 Å². The zero-order valence-corrected chi connectivity index (χ0v) is 15.8. The van der Waals surface area contributed by atoms with E-state index in [0.29, 0.717) is 5.41 Å². The summed E-state index contributed by atoms with van der Waals surface area (Å²) in [6, 6.07) is 0. The Morgan fingerprint density at radius 3 is 1.38 bits per heavy atom. The summed E-state index contributed by atoms with van der Waals surface area (Å²) in [7, 11) is 6.83. The van der Waals surface area contributed by atoms with Crippen molar-refractivity contribution in [3.8, 4) is 0 Å². The molecule has 0 aliphatic rings. The summed E-state index contributed by atoms with van der Waals surface area (Å²) >= 11 is 0. The van der Waals surface area contributed by atoms with E-state index >= 15 is 0 Å². The van der Waals surface area contributed by atoms with Crippen molar-refractivity contribution in [2.24, 2.45) is 5.41 Å². The third-order valence-corrected chi connectivity index (χ3v) is 5.88. The lowest BCUT2D eigenvalue weighted by Crippen LogP contribution is -2.34. The standard InChI is InChI=1S/C20H41B/c1-6-10-12-14-16-18-19(5,17-15-13-11-7-2)20(21,8-3)9-4/h6-18H2,1-5H3. The maximum Gasteiger partial charge on any atom is 0.0753 e. The van der Waals surface area contributed by atoms with Gasteiger partial charge in [-0.25, -0.2) is 0 Å². The summed E-state index contributed by atoms with van der Waals surface area (Å²) in [4.78, 5) is 0. The second-order valence-corrected chi connectivity index (χ2v) is 7.40. The molecule has 0 aliphatic carbocycles. The third kappa shape index (κ3) is 7.24. The Morgan fingerprint density at radius 1 is 0.619 bits per heavy atom. The van der Waals surface area contributed by atoms with Crippen LogP contribution in [0.25, 0.3) is 0 Å². The van der Waals surface area contributed by atoms with Gasteiger partial charge in [-0.05, 0) is 18.3 Å². The van der Waals surface area contributed by atoms with Gasteiger partial charge in [-0.1, -0.05) is 111 Å². The lowest BCUT2D eigenvalue weighted by molar-refractivity contribution is 0.149. The first-order valence-electron chi connectivity index (χ1n) is 9.78. The zero-order valence-electron chi connectivity index (χ0n) is 15.8. The fourth-order valence-corrected chi connectivity index (χ4v) is 3.79. The third-order valence-electron chi connectivity index (χ3n) is 5.88. The predicted molar refractivity (Wildman–Crippen MR) is 99.3 cm³/mol. The second-order valence-electron chi connectivity index (χ2n) is 7.40. The topological polar surface area (TPSA) is 0 Å². The van der Waals surface area contributed by atoms with Crippen molar-refractivity contribution in [2.75, 3.05) is 0 Å². The van der Waals surface area contributed by atoms with Gasteiger partial charge < -0.3 is 0 Å². The van der Waals surface area contributed by atoms with Crippen molar-refractivity contribution in [1.82, 2.24) is 0 Å². The first kappa shape index (κ1) is 21.1. The number of hydrogen-bond acceptors (Lipinski definition) is 0. The summed E-state index contributed by atoms with van der Waals surface area (Å²) in [6.45, 7) is 11.6. The summed E-state index contributed by atoms with van der Waals surface area (Å²) < 4.78 is 0. The molecule has 0 N–H and O–H groups in total. The van der Waals surface area contributed by atoms with Gasteiger partial charge in [0.15, 0.2) is 0 Å². The van der Waals surface area contributed by atoms with Crippen molar-refractivity contribution in [3.63, 3.8) is 0 Å². The van der Waals surface area contributed by atoms with Gasteiger partial charge in [0.2, 0.25) is 0 Å². The van der Waals surface area contributed by atoms with E-state index < -0.39 is 0 Å². The second kappa shape index (κ2) is 11.6. The normalized spacial score (nSPS) is 15.1. The van der Waals surface area contributed by atoms with E-state index in [1.165, 1.54) is 70.6 Å². The highest BCUT2D eigenvalue weighted by Gasteiger charge is 2.39. The molecular formula is C20H41B. The van der Waals surface area contributed by atoms with E-state index in [4.69, 9.17) is 7.85 Å². The van der Waals surface area contributed by atoms with Crippen LogP contribution in [-0.2, 0) is 0 Å². The summed E-state index contributed by atoms with van der Waals surface area (Å²) in [5.41, 5.74) is 0.330. The Hall–Kier alpha value is 0.0649. The molecule has 0 aromatic heterocycles. The van der Waals surface area contributed by atoms with Crippen LogP contribution >= 0.6 is 0 Å². The summed E-state index contributed by atoms with van der Waals surface area (Å²) in [5.74, 6) is 0. The van der Waals surface area contributed by atoms with Gasteiger partial charge in [-0.3, -0.25) is 0 Å². The van der Waals surface area contributed by atoms with Gasteiger partial charge in [0.05, 0.1) is 7.85 Å². The van der Waals surface area contributed by atoms with Crippen LogP contribution in [0.15, 0.2) is 0 Å². The molecule has 0 heterocycles. The molecule has 1 atom stereocenters. The van der Waals surface area contributed by atoms with Gasteiger partial charge >= 0.3 is 0 Å². The molecule has 0 saturated carbocycles. The molecule has 1 unspecified atom stereocenters. The molecule has 0 rings (SSSR count). The molecule has 0 aromatic rings. The monoisotopic (exact) mass is 292 g/mol. The molecule has 0 nitrogen and oxygen atoms in total. The van der Waals surface area contributed by atoms with Crippen molar-refractivity contribution in [2.45, 2.75) is 123 Å². The van der Waals surface area contributed by atoms with Crippen molar-refractivity contribution < 1.29 is 0 Å². The minimum absolute atomic E-state index is 0.0317. The smallest absolute Gasteiger partial charge is 0.0655 e. The lowest BCUT2D eigenvalue weighted by atomic mass is 9.48. The van der Waals surface area contributed by atoms with Crippen molar-refractivity contribution in [3.05, 3.63) is 0 Å². The van der Waals surface area contributed by atoms with E-state index in [1.807, 2.05) is 0 Å². The number of hydrogen-bond donors (Lipinski definition) is 0. The Morgan fingerprint density at radius 2 is 1.00 bits per heavy atom. The fourth-order valence-electron chi connectivity index (χ4n) is 3.79. The highest BCUT2D eigenvalue weighted by Crippen LogP contribution is 2.54. The van der Waals surface area contributed by atoms with E-state index in [0.717, 1.165) is 12.8 Å². The van der Waals surface area contributed by atoms with Gasteiger partial charge in [-0.2, -0.15) is 0 Å². The van der Waals surface area contributed by atoms with Crippen molar-refractivity contribution in [1.29, 1.82) is 0 Å². The van der Waals surface area contributed by atoms with Crippen LogP contribution in [0.4, 0.5) is 0 Å². The largest absolute Gasteiger partial charge is 0.0753 e. The van der Waals surface area contributed by atoms with Crippen LogP contribution in [-0.4, -0.2) is 7.85 Å². The maximum atomic E-state index is 6.83. The number of rotatable bonds is 14. The van der Waals surface area contributed by atoms with Gasteiger partial charge in [0, 0.05) is 0 Å². The van der Waals surface area contributed by atoms with Crippen LogP contribution in [0, 0.1) is 5.41 Å². The molecule has 1 heteroatoms. The SMILES string of the molecule is [B]C(CC)(CC)C(C)(CCCCCC)CCCCCCC. The molecule has 0 saturated heterocycles. The average Bonchev–Trinajstić information content (AvgIpc) is 2.50. The Kier molecular flexibility index (Phi) is 11.6. The summed E-state index contributed by atoms with van der Waals surface area (Å²) in [5, 5.41) is 0.0317. The molecule has 0 bridgehead atoms. The Bertz CT molecular complexity index is 232. The van der Waals surface area contributed by atoms with E-state index in [9.17, 15) is 0 Å². The molecule has 2 radical (unpaired) electrons. The molecule has 124 valence electrons. The van der Waals surface area contributed by atoms with Gasteiger partial charge in [-0.15, -0.1) is 0 Å². The molecule has 0 fully saturated rings. The van der Waals surface area contributed by atoms with Crippen LogP contribution in [0.3, 0.4) is 0 Å². The molecular weight excluding hydrogens is 251 g/mol. The van der Waals surface area contributed by atoms with Crippen LogP contribution in [0.5, 0.6) is 0 Å². The van der Waals surface area contributed by atoms with E-state index in [1.54, 1.807) is 0 Å². The van der Waals surface area contributed by atoms with E-state index in [2.05, 4.69) is 34.6 Å². The lowest BCUT2D eigenvalue weighted by Gasteiger charge is -2.47. The van der Waals surface area contributed by atoms with Crippen LogP contribution < -0.4 is 0 Å². The molecule has 0 amide bonds. The molecule has 0 spiro atoms.